The second kappa shape index (κ2) is 10.5. The molecule has 0 unspecified atom stereocenters. The number of anilines is 1. The zero-order valence-corrected chi connectivity index (χ0v) is 16.6. The van der Waals surface area contributed by atoms with Gasteiger partial charge in [-0.1, -0.05) is 12.1 Å². The predicted octanol–water partition coefficient (Wildman–Crippen LogP) is 0.874. The van der Waals surface area contributed by atoms with Crippen molar-refractivity contribution in [2.75, 3.05) is 12.3 Å². The summed E-state index contributed by atoms with van der Waals surface area (Å²) >= 11 is 0. The summed E-state index contributed by atoms with van der Waals surface area (Å²) < 4.78 is 26.9. The third kappa shape index (κ3) is 6.26. The Kier molecular flexibility index (Phi) is 9.82. The van der Waals surface area contributed by atoms with E-state index in [0.717, 1.165) is 5.56 Å². The molecule has 8 nitrogen and oxygen atoms in total. The summed E-state index contributed by atoms with van der Waals surface area (Å²) in [5.74, 6) is 0.0721. The molecule has 1 heterocycles. The second-order valence-corrected chi connectivity index (χ2v) is 7.13. The number of aromatic nitrogens is 2. The Bertz CT molecular complexity index is 870. The Balaban J connectivity index is 0.00000312. The maximum absolute atomic E-state index is 12.2. The Morgan fingerprint density at radius 1 is 1.19 bits per heavy atom. The number of hydrogen-bond donors (Lipinski definition) is 4. The van der Waals surface area contributed by atoms with Gasteiger partial charge in [-0.2, -0.15) is 0 Å². The van der Waals surface area contributed by atoms with E-state index in [-0.39, 0.29) is 47.8 Å². The van der Waals surface area contributed by atoms with Gasteiger partial charge in [-0.25, -0.2) is 18.1 Å². The molecule has 0 amide bonds. The lowest BCUT2D eigenvalue weighted by Crippen LogP contribution is -2.26. The van der Waals surface area contributed by atoms with Gasteiger partial charge < -0.3 is 11.5 Å². The van der Waals surface area contributed by atoms with Gasteiger partial charge in [0.25, 0.3) is 5.56 Å². The van der Waals surface area contributed by atoms with E-state index in [1.807, 2.05) is 0 Å². The van der Waals surface area contributed by atoms with E-state index in [1.165, 1.54) is 12.1 Å². The molecular weight excluding hydrogens is 401 g/mol. The number of nitrogen functional groups attached to an aromatic ring is 1. The van der Waals surface area contributed by atoms with Crippen molar-refractivity contribution in [1.29, 1.82) is 0 Å². The van der Waals surface area contributed by atoms with Crippen molar-refractivity contribution < 1.29 is 8.42 Å². The molecule has 6 N–H and O–H groups in total. The van der Waals surface area contributed by atoms with Crippen LogP contribution in [0.3, 0.4) is 0 Å². The SMILES string of the molecule is Cc1nc(N)[nH]c(=O)c1CCCNS(=O)(=O)c1ccc(CN)cc1.Cl.Cl. The fourth-order valence-electron chi connectivity index (χ4n) is 2.29. The summed E-state index contributed by atoms with van der Waals surface area (Å²) in [4.78, 5) is 18.4. The highest BCUT2D eigenvalue weighted by atomic mass is 35.5. The molecular formula is C15H23Cl2N5O3S. The summed E-state index contributed by atoms with van der Waals surface area (Å²) in [6, 6.07) is 6.39. The first kappa shape index (κ1) is 24.4. The maximum Gasteiger partial charge on any atom is 0.255 e. The minimum Gasteiger partial charge on any atom is -0.369 e. The number of sulfonamides is 1. The Morgan fingerprint density at radius 2 is 1.81 bits per heavy atom. The molecule has 0 aliphatic carbocycles. The van der Waals surface area contributed by atoms with Gasteiger partial charge in [0.05, 0.1) is 4.90 Å². The van der Waals surface area contributed by atoms with Crippen molar-refractivity contribution in [3.05, 3.63) is 51.4 Å². The number of benzene rings is 1. The van der Waals surface area contributed by atoms with Gasteiger partial charge in [0.2, 0.25) is 16.0 Å². The molecule has 1 aromatic heterocycles. The number of halogens is 2. The number of hydrogen-bond acceptors (Lipinski definition) is 6. The van der Waals surface area contributed by atoms with Gasteiger partial charge in [-0.05, 0) is 37.5 Å². The molecule has 0 spiro atoms. The number of H-pyrrole nitrogens is 1. The smallest absolute Gasteiger partial charge is 0.255 e. The second-order valence-electron chi connectivity index (χ2n) is 5.36. The van der Waals surface area contributed by atoms with Gasteiger partial charge in [0, 0.05) is 24.3 Å². The van der Waals surface area contributed by atoms with Crippen LogP contribution in [0, 0.1) is 6.92 Å². The van der Waals surface area contributed by atoms with Crippen molar-refractivity contribution in [3.63, 3.8) is 0 Å². The first-order chi connectivity index (χ1) is 11.3. The molecule has 0 aliphatic rings. The van der Waals surface area contributed by atoms with E-state index in [2.05, 4.69) is 14.7 Å². The Labute approximate surface area is 164 Å². The highest BCUT2D eigenvalue weighted by molar-refractivity contribution is 7.89. The van der Waals surface area contributed by atoms with E-state index in [4.69, 9.17) is 11.5 Å². The summed E-state index contributed by atoms with van der Waals surface area (Å²) in [6.07, 6.45) is 0.874. The Morgan fingerprint density at radius 3 is 2.35 bits per heavy atom. The van der Waals surface area contributed by atoms with Crippen LogP contribution in [0.4, 0.5) is 5.95 Å². The first-order valence-corrected chi connectivity index (χ1v) is 8.96. The standard InChI is InChI=1S/C15H21N5O3S.2ClH/c1-10-13(14(21)20-15(17)19-10)3-2-8-18-24(22,23)12-6-4-11(9-16)5-7-12;;/h4-7,18H,2-3,8-9,16H2,1H3,(H3,17,19,20,21);2*1H. The Hall–Kier alpha value is -1.65. The average molecular weight is 424 g/mol. The van der Waals surface area contributed by atoms with Crippen LogP contribution in [-0.4, -0.2) is 24.9 Å². The average Bonchev–Trinajstić information content (AvgIpc) is 2.53. The highest BCUT2D eigenvalue weighted by Crippen LogP contribution is 2.10. The molecule has 0 aliphatic heterocycles. The molecule has 2 aromatic rings. The third-order valence-electron chi connectivity index (χ3n) is 3.61. The lowest BCUT2D eigenvalue weighted by atomic mass is 10.1. The van der Waals surface area contributed by atoms with Crippen LogP contribution in [0.2, 0.25) is 0 Å². The van der Waals surface area contributed by atoms with Crippen LogP contribution in [0.1, 0.15) is 23.2 Å². The van der Waals surface area contributed by atoms with Crippen molar-refractivity contribution in [2.45, 2.75) is 31.2 Å². The summed E-state index contributed by atoms with van der Waals surface area (Å²) in [6.45, 7) is 2.27. The number of nitrogens with zero attached hydrogens (tertiary/aromatic N) is 1. The first-order valence-electron chi connectivity index (χ1n) is 7.47. The van der Waals surface area contributed by atoms with Crippen molar-refractivity contribution in [3.8, 4) is 0 Å². The van der Waals surface area contributed by atoms with E-state index in [1.54, 1.807) is 19.1 Å². The van der Waals surface area contributed by atoms with Crippen LogP contribution in [0.25, 0.3) is 0 Å². The number of aryl methyl sites for hydroxylation is 1. The van der Waals surface area contributed by atoms with Crippen LogP contribution in [0.15, 0.2) is 34.0 Å². The minimum atomic E-state index is -3.58. The minimum absolute atomic E-state index is 0. The highest BCUT2D eigenvalue weighted by Gasteiger charge is 2.13. The van der Waals surface area contributed by atoms with E-state index in [0.29, 0.717) is 30.6 Å². The van der Waals surface area contributed by atoms with Crippen molar-refractivity contribution in [2.24, 2.45) is 5.73 Å². The fraction of sp³-hybridized carbons (Fsp3) is 0.333. The van der Waals surface area contributed by atoms with Crippen LogP contribution in [0.5, 0.6) is 0 Å². The molecule has 0 saturated carbocycles. The molecule has 0 saturated heterocycles. The normalized spacial score (nSPS) is 10.7. The van der Waals surface area contributed by atoms with Crippen molar-refractivity contribution >= 4 is 40.8 Å². The summed E-state index contributed by atoms with van der Waals surface area (Å²) in [7, 11) is -3.58. The van der Waals surface area contributed by atoms with Gasteiger partial charge in [0.15, 0.2) is 0 Å². The van der Waals surface area contributed by atoms with Gasteiger partial charge in [-0.15, -0.1) is 24.8 Å². The van der Waals surface area contributed by atoms with E-state index in [9.17, 15) is 13.2 Å². The third-order valence-corrected chi connectivity index (χ3v) is 5.08. The molecule has 0 atom stereocenters. The van der Waals surface area contributed by atoms with E-state index < -0.39 is 10.0 Å². The largest absolute Gasteiger partial charge is 0.369 e. The molecule has 11 heteroatoms. The zero-order valence-electron chi connectivity index (χ0n) is 14.2. The van der Waals surface area contributed by atoms with Crippen molar-refractivity contribution in [1.82, 2.24) is 14.7 Å². The van der Waals surface area contributed by atoms with Crippen LogP contribution >= 0.6 is 24.8 Å². The molecule has 26 heavy (non-hydrogen) atoms. The topological polar surface area (TPSA) is 144 Å². The fourth-order valence-corrected chi connectivity index (χ4v) is 3.36. The summed E-state index contributed by atoms with van der Waals surface area (Å²) in [5.41, 5.74) is 12.6. The molecule has 1 aromatic carbocycles. The molecule has 2 rings (SSSR count). The number of rotatable bonds is 7. The number of aromatic amines is 1. The van der Waals surface area contributed by atoms with Gasteiger partial charge in [0.1, 0.15) is 0 Å². The summed E-state index contributed by atoms with van der Waals surface area (Å²) in [5, 5.41) is 0. The monoisotopic (exact) mass is 423 g/mol. The lowest BCUT2D eigenvalue weighted by Gasteiger charge is -2.08. The quantitative estimate of drug-likeness (QED) is 0.486. The molecule has 0 fully saturated rings. The van der Waals surface area contributed by atoms with Gasteiger partial charge >= 0.3 is 0 Å². The van der Waals surface area contributed by atoms with Crippen LogP contribution < -0.4 is 21.7 Å². The van der Waals surface area contributed by atoms with Crippen LogP contribution in [-0.2, 0) is 23.0 Å². The predicted molar refractivity (Wildman–Crippen MR) is 106 cm³/mol. The van der Waals surface area contributed by atoms with Gasteiger partial charge in [-0.3, -0.25) is 9.78 Å². The molecule has 0 bridgehead atoms. The molecule has 0 radical (unpaired) electrons. The zero-order chi connectivity index (χ0) is 17.7. The van der Waals surface area contributed by atoms with E-state index >= 15 is 0 Å². The maximum atomic E-state index is 12.2. The number of nitrogens with two attached hydrogens (primary N) is 2. The molecule has 146 valence electrons. The lowest BCUT2D eigenvalue weighted by molar-refractivity contribution is 0.578. The number of nitrogens with one attached hydrogen (secondary N) is 2.